The lowest BCUT2D eigenvalue weighted by atomic mass is 9.88. The van der Waals surface area contributed by atoms with Crippen LogP contribution in [0.3, 0.4) is 0 Å². The van der Waals surface area contributed by atoms with Gasteiger partial charge in [0.1, 0.15) is 29.4 Å². The molecule has 1 aliphatic heterocycles. The van der Waals surface area contributed by atoms with Crippen molar-refractivity contribution in [2.45, 2.75) is 44.8 Å². The van der Waals surface area contributed by atoms with E-state index in [-0.39, 0.29) is 18.5 Å². The number of hydrogen-bond acceptors (Lipinski definition) is 4. The lowest BCUT2D eigenvalue weighted by molar-refractivity contribution is -0.159. The zero-order valence-electron chi connectivity index (χ0n) is 18.4. The fraction of sp³-hybridized carbons (Fsp3) is 0.308. The molecule has 3 aromatic rings. The van der Waals surface area contributed by atoms with Crippen molar-refractivity contribution in [3.8, 4) is 5.75 Å². The molecule has 0 fully saturated rings. The maximum Gasteiger partial charge on any atom is 0.132 e. The monoisotopic (exact) mass is 499 g/mol. The van der Waals surface area contributed by atoms with Gasteiger partial charge in [0.05, 0.1) is 6.61 Å². The molecule has 0 bridgehead atoms. The molecule has 6 heteroatoms. The Balaban J connectivity index is 1.55. The number of fused-ring (bicyclic) bond motifs is 1. The molecule has 3 aromatic carbocycles. The van der Waals surface area contributed by atoms with Gasteiger partial charge in [0.2, 0.25) is 0 Å². The largest absolute Gasteiger partial charge is 0.485 e. The van der Waals surface area contributed by atoms with Crippen molar-refractivity contribution in [1.82, 2.24) is 0 Å². The minimum absolute atomic E-state index is 0.123. The average Bonchev–Trinajstić information content (AvgIpc) is 2.77. The Morgan fingerprint density at radius 2 is 1.84 bits per heavy atom. The van der Waals surface area contributed by atoms with Gasteiger partial charge >= 0.3 is 0 Å². The standard InChI is InChI=1S/C26H27BrFNO3/c1-26(2)25(31-16-18-9-10-19(27)13-22(18)28)24(30-3)21-14-20(11-12-23(21)32-26)29-15-17-7-5-4-6-8-17/h4-14,24-25,29H,15-16H2,1-3H3. The van der Waals surface area contributed by atoms with Crippen molar-refractivity contribution in [2.75, 3.05) is 12.4 Å². The van der Waals surface area contributed by atoms with Crippen molar-refractivity contribution in [1.29, 1.82) is 0 Å². The second kappa shape index (κ2) is 9.61. The molecular weight excluding hydrogens is 473 g/mol. The van der Waals surface area contributed by atoms with Crippen LogP contribution in [-0.2, 0) is 22.6 Å². The second-order valence-corrected chi connectivity index (χ2v) is 9.34. The third-order valence-electron chi connectivity index (χ3n) is 5.68. The summed E-state index contributed by atoms with van der Waals surface area (Å²) < 4.78 is 33.4. The van der Waals surface area contributed by atoms with Crippen LogP contribution in [0.4, 0.5) is 10.1 Å². The molecule has 1 N–H and O–H groups in total. The summed E-state index contributed by atoms with van der Waals surface area (Å²) in [5.74, 6) is 0.456. The highest BCUT2D eigenvalue weighted by molar-refractivity contribution is 9.10. The van der Waals surface area contributed by atoms with Crippen molar-refractivity contribution in [3.05, 3.63) is 93.7 Å². The van der Waals surface area contributed by atoms with Crippen LogP contribution in [0.1, 0.15) is 36.6 Å². The summed E-state index contributed by atoms with van der Waals surface area (Å²) in [6.45, 7) is 4.77. The molecule has 4 nitrogen and oxygen atoms in total. The lowest BCUT2D eigenvalue weighted by Gasteiger charge is -2.44. The smallest absolute Gasteiger partial charge is 0.132 e. The van der Waals surface area contributed by atoms with Gasteiger partial charge in [-0.2, -0.15) is 0 Å². The fourth-order valence-electron chi connectivity index (χ4n) is 4.00. The van der Waals surface area contributed by atoms with E-state index >= 15 is 0 Å². The number of anilines is 1. The molecular formula is C26H27BrFNO3. The minimum atomic E-state index is -0.654. The number of benzene rings is 3. The highest BCUT2D eigenvalue weighted by Crippen LogP contribution is 2.44. The number of methoxy groups -OCH3 is 1. The number of rotatable bonds is 7. The van der Waals surface area contributed by atoms with Crippen molar-refractivity contribution >= 4 is 21.6 Å². The van der Waals surface area contributed by atoms with Crippen LogP contribution in [0.2, 0.25) is 0 Å². The number of ether oxygens (including phenoxy) is 3. The highest BCUT2D eigenvalue weighted by atomic mass is 79.9. The molecule has 0 radical (unpaired) electrons. The van der Waals surface area contributed by atoms with Gasteiger partial charge in [0, 0.05) is 34.9 Å². The molecule has 0 aliphatic carbocycles. The Bertz CT molecular complexity index is 1070. The molecule has 4 rings (SSSR count). The molecule has 0 saturated heterocycles. The summed E-state index contributed by atoms with van der Waals surface area (Å²) in [7, 11) is 1.66. The van der Waals surface area contributed by atoms with E-state index < -0.39 is 11.7 Å². The van der Waals surface area contributed by atoms with E-state index in [1.807, 2.05) is 50.2 Å². The number of hydrogen-bond donors (Lipinski definition) is 1. The fourth-order valence-corrected chi connectivity index (χ4v) is 4.33. The minimum Gasteiger partial charge on any atom is -0.485 e. The lowest BCUT2D eigenvalue weighted by Crippen LogP contribution is -2.50. The van der Waals surface area contributed by atoms with Gasteiger partial charge in [-0.05, 0) is 49.7 Å². The van der Waals surface area contributed by atoms with Gasteiger partial charge in [-0.15, -0.1) is 0 Å². The molecule has 1 aliphatic rings. The zero-order valence-corrected chi connectivity index (χ0v) is 20.0. The van der Waals surface area contributed by atoms with E-state index in [1.54, 1.807) is 19.2 Å². The van der Waals surface area contributed by atoms with Crippen LogP contribution in [0.15, 0.2) is 71.2 Å². The third-order valence-corrected chi connectivity index (χ3v) is 6.17. The van der Waals surface area contributed by atoms with E-state index in [0.29, 0.717) is 16.6 Å². The van der Waals surface area contributed by atoms with Gasteiger partial charge in [0.25, 0.3) is 0 Å². The molecule has 2 unspecified atom stereocenters. The topological polar surface area (TPSA) is 39.7 Å². The molecule has 2 atom stereocenters. The second-order valence-electron chi connectivity index (χ2n) is 8.42. The SMILES string of the molecule is COC1c2cc(NCc3ccccc3)ccc2OC(C)(C)C1OCc1ccc(Br)cc1F. The summed E-state index contributed by atoms with van der Waals surface area (Å²) in [6.07, 6.45) is -0.779. The summed E-state index contributed by atoms with van der Waals surface area (Å²) in [4.78, 5) is 0. The predicted molar refractivity (Wildman–Crippen MR) is 127 cm³/mol. The van der Waals surface area contributed by atoms with Crippen LogP contribution in [0.5, 0.6) is 5.75 Å². The number of halogens is 2. The van der Waals surface area contributed by atoms with Crippen molar-refractivity contribution in [2.24, 2.45) is 0 Å². The van der Waals surface area contributed by atoms with Crippen LogP contribution >= 0.6 is 15.9 Å². The first kappa shape index (κ1) is 22.8. The van der Waals surface area contributed by atoms with Gasteiger partial charge in [-0.25, -0.2) is 4.39 Å². The van der Waals surface area contributed by atoms with E-state index in [4.69, 9.17) is 14.2 Å². The van der Waals surface area contributed by atoms with Crippen LogP contribution in [0, 0.1) is 5.82 Å². The summed E-state index contributed by atoms with van der Waals surface area (Å²) in [5.41, 5.74) is 2.91. The Labute approximate surface area is 196 Å². The Hall–Kier alpha value is -2.41. The van der Waals surface area contributed by atoms with E-state index in [1.165, 1.54) is 11.6 Å². The summed E-state index contributed by atoms with van der Waals surface area (Å²) in [6, 6.07) is 21.2. The highest BCUT2D eigenvalue weighted by Gasteiger charge is 2.45. The molecule has 0 spiro atoms. The van der Waals surface area contributed by atoms with Gasteiger partial charge in [-0.1, -0.05) is 52.3 Å². The third kappa shape index (κ3) is 4.98. The van der Waals surface area contributed by atoms with Crippen LogP contribution in [0.25, 0.3) is 0 Å². The zero-order chi connectivity index (χ0) is 22.7. The molecule has 1 heterocycles. The van der Waals surface area contributed by atoms with Crippen molar-refractivity contribution < 1.29 is 18.6 Å². The Morgan fingerprint density at radius 3 is 2.56 bits per heavy atom. The molecule has 168 valence electrons. The van der Waals surface area contributed by atoms with Gasteiger partial charge < -0.3 is 19.5 Å². The Kier molecular flexibility index (Phi) is 6.84. The first-order valence-corrected chi connectivity index (χ1v) is 11.4. The normalized spacial score (nSPS) is 19.2. The van der Waals surface area contributed by atoms with Crippen LogP contribution in [-0.4, -0.2) is 18.8 Å². The average molecular weight is 500 g/mol. The van der Waals surface area contributed by atoms with Gasteiger partial charge in [0.15, 0.2) is 0 Å². The summed E-state index contributed by atoms with van der Waals surface area (Å²) >= 11 is 3.29. The Morgan fingerprint density at radius 1 is 1.06 bits per heavy atom. The summed E-state index contributed by atoms with van der Waals surface area (Å²) in [5, 5.41) is 3.46. The maximum atomic E-state index is 14.3. The molecule has 0 amide bonds. The predicted octanol–water partition coefficient (Wildman–Crippen LogP) is 6.64. The molecule has 0 saturated carbocycles. The maximum absolute atomic E-state index is 14.3. The van der Waals surface area contributed by atoms with Crippen LogP contribution < -0.4 is 10.1 Å². The first-order chi connectivity index (χ1) is 15.4. The number of nitrogens with one attached hydrogen (secondary N) is 1. The van der Waals surface area contributed by atoms with Crippen molar-refractivity contribution in [3.63, 3.8) is 0 Å². The molecule has 32 heavy (non-hydrogen) atoms. The van der Waals surface area contributed by atoms with Gasteiger partial charge in [-0.3, -0.25) is 0 Å². The molecule has 0 aromatic heterocycles. The van der Waals surface area contributed by atoms with E-state index in [0.717, 1.165) is 17.0 Å². The van der Waals surface area contributed by atoms with E-state index in [9.17, 15) is 4.39 Å². The quantitative estimate of drug-likeness (QED) is 0.395. The van der Waals surface area contributed by atoms with E-state index in [2.05, 4.69) is 33.4 Å². The first-order valence-electron chi connectivity index (χ1n) is 10.6.